The number of ether oxygens (including phenoxy) is 2. The van der Waals surface area contributed by atoms with Crippen molar-refractivity contribution in [2.24, 2.45) is 0 Å². The standard InChI is InChI=1S/C30H56O7/c1-2-3-4-5-6-7-8-9-10-11-12-13-14-15-16-17-18-19-20-21-22-29(34)36-25-27(31)26-37-30(35)24-23-28(32)33/h27,31H,2-26H2,1H3,(H,32,33). The minimum atomic E-state index is -1.10. The van der Waals surface area contributed by atoms with E-state index in [0.29, 0.717) is 6.42 Å². The van der Waals surface area contributed by atoms with E-state index >= 15 is 0 Å². The summed E-state index contributed by atoms with van der Waals surface area (Å²) in [4.78, 5) is 33.4. The van der Waals surface area contributed by atoms with Crippen LogP contribution in [0.3, 0.4) is 0 Å². The number of rotatable bonds is 28. The van der Waals surface area contributed by atoms with Crippen LogP contribution in [0.4, 0.5) is 0 Å². The number of carbonyl (C=O) groups is 3. The molecule has 0 rings (SSSR count). The van der Waals surface area contributed by atoms with E-state index in [4.69, 9.17) is 14.6 Å². The number of esters is 2. The molecule has 0 bridgehead atoms. The van der Waals surface area contributed by atoms with Crippen LogP contribution in [0.15, 0.2) is 0 Å². The van der Waals surface area contributed by atoms with Crippen molar-refractivity contribution >= 4 is 17.9 Å². The molecule has 0 radical (unpaired) electrons. The number of hydrogen-bond acceptors (Lipinski definition) is 6. The van der Waals surface area contributed by atoms with Crippen molar-refractivity contribution in [3.8, 4) is 0 Å². The molecule has 37 heavy (non-hydrogen) atoms. The Balaban J connectivity index is 3.30. The monoisotopic (exact) mass is 528 g/mol. The fourth-order valence-corrected chi connectivity index (χ4v) is 4.30. The maximum absolute atomic E-state index is 11.7. The minimum absolute atomic E-state index is 0.232. The maximum atomic E-state index is 11.7. The second kappa shape index (κ2) is 27.4. The summed E-state index contributed by atoms with van der Waals surface area (Å²) in [6, 6.07) is 0. The first kappa shape index (κ1) is 35.4. The Bertz CT molecular complexity index is 550. The average molecular weight is 529 g/mol. The molecule has 1 atom stereocenters. The van der Waals surface area contributed by atoms with Crippen molar-refractivity contribution < 1.29 is 34.1 Å². The molecule has 0 saturated carbocycles. The van der Waals surface area contributed by atoms with E-state index in [9.17, 15) is 19.5 Å². The van der Waals surface area contributed by atoms with Gasteiger partial charge in [0.15, 0.2) is 0 Å². The van der Waals surface area contributed by atoms with Gasteiger partial charge in [0, 0.05) is 6.42 Å². The molecular formula is C30H56O7. The zero-order chi connectivity index (χ0) is 27.4. The van der Waals surface area contributed by atoms with Crippen LogP contribution in [0, 0.1) is 0 Å². The van der Waals surface area contributed by atoms with E-state index in [1.165, 1.54) is 109 Å². The van der Waals surface area contributed by atoms with Gasteiger partial charge >= 0.3 is 17.9 Å². The zero-order valence-corrected chi connectivity index (χ0v) is 23.7. The average Bonchev–Trinajstić information content (AvgIpc) is 2.88. The zero-order valence-electron chi connectivity index (χ0n) is 23.7. The van der Waals surface area contributed by atoms with Gasteiger partial charge in [0.25, 0.3) is 0 Å². The predicted molar refractivity (Wildman–Crippen MR) is 147 cm³/mol. The number of carboxylic acids is 1. The highest BCUT2D eigenvalue weighted by molar-refractivity contribution is 5.76. The van der Waals surface area contributed by atoms with E-state index < -0.39 is 18.0 Å². The number of aliphatic hydroxyl groups excluding tert-OH is 1. The van der Waals surface area contributed by atoms with Crippen molar-refractivity contribution in [2.45, 2.75) is 161 Å². The molecule has 7 heteroatoms. The van der Waals surface area contributed by atoms with Gasteiger partial charge in [0.05, 0.1) is 12.8 Å². The molecule has 0 aromatic rings. The van der Waals surface area contributed by atoms with Crippen molar-refractivity contribution in [1.82, 2.24) is 0 Å². The first-order valence-electron chi connectivity index (χ1n) is 15.2. The fraction of sp³-hybridized carbons (Fsp3) is 0.900. The lowest BCUT2D eigenvalue weighted by Gasteiger charge is -2.11. The third-order valence-electron chi connectivity index (χ3n) is 6.65. The number of unbranched alkanes of at least 4 members (excludes halogenated alkanes) is 19. The van der Waals surface area contributed by atoms with Crippen LogP contribution in [-0.4, -0.2) is 47.4 Å². The Morgan fingerprint density at radius 2 is 0.838 bits per heavy atom. The van der Waals surface area contributed by atoms with Crippen LogP contribution in [0.25, 0.3) is 0 Å². The highest BCUT2D eigenvalue weighted by Gasteiger charge is 2.13. The molecule has 218 valence electrons. The van der Waals surface area contributed by atoms with Crippen LogP contribution in [0.2, 0.25) is 0 Å². The Morgan fingerprint density at radius 1 is 0.514 bits per heavy atom. The van der Waals surface area contributed by atoms with Gasteiger partial charge in [-0.25, -0.2) is 0 Å². The molecule has 0 aliphatic rings. The van der Waals surface area contributed by atoms with Crippen molar-refractivity contribution in [3.05, 3.63) is 0 Å². The van der Waals surface area contributed by atoms with Crippen molar-refractivity contribution in [3.63, 3.8) is 0 Å². The largest absolute Gasteiger partial charge is 0.481 e. The quantitative estimate of drug-likeness (QED) is 0.0798. The second-order valence-electron chi connectivity index (χ2n) is 10.4. The lowest BCUT2D eigenvalue weighted by molar-refractivity contribution is -0.154. The molecule has 1 unspecified atom stereocenters. The number of carboxylic acid groups (broad SMARTS) is 1. The molecule has 0 fully saturated rings. The Kier molecular flexibility index (Phi) is 26.2. The lowest BCUT2D eigenvalue weighted by Crippen LogP contribution is -2.25. The molecule has 7 nitrogen and oxygen atoms in total. The molecule has 0 amide bonds. The first-order chi connectivity index (χ1) is 18.0. The van der Waals surface area contributed by atoms with Gasteiger partial charge in [-0.3, -0.25) is 14.4 Å². The molecule has 0 aromatic heterocycles. The van der Waals surface area contributed by atoms with Crippen LogP contribution >= 0.6 is 0 Å². The number of hydrogen-bond donors (Lipinski definition) is 2. The Morgan fingerprint density at radius 3 is 1.19 bits per heavy atom. The summed E-state index contributed by atoms with van der Waals surface area (Å²) in [5, 5.41) is 18.2. The number of aliphatic hydroxyl groups is 1. The SMILES string of the molecule is CCCCCCCCCCCCCCCCCCCCCCC(=O)OCC(O)COC(=O)CCC(=O)O. The van der Waals surface area contributed by atoms with Gasteiger partial charge in [-0.2, -0.15) is 0 Å². The molecule has 0 spiro atoms. The van der Waals surface area contributed by atoms with E-state index in [0.717, 1.165) is 19.3 Å². The van der Waals surface area contributed by atoms with Crippen LogP contribution in [0.5, 0.6) is 0 Å². The summed E-state index contributed by atoms with van der Waals surface area (Å²) in [5.74, 6) is -2.15. The molecule has 0 aromatic carbocycles. The molecular weight excluding hydrogens is 472 g/mol. The second-order valence-corrected chi connectivity index (χ2v) is 10.4. The van der Waals surface area contributed by atoms with Gasteiger partial charge < -0.3 is 19.7 Å². The topological polar surface area (TPSA) is 110 Å². The van der Waals surface area contributed by atoms with E-state index in [-0.39, 0.29) is 32.0 Å². The summed E-state index contributed by atoms with van der Waals surface area (Å²) >= 11 is 0. The smallest absolute Gasteiger partial charge is 0.306 e. The maximum Gasteiger partial charge on any atom is 0.306 e. The van der Waals surface area contributed by atoms with Crippen molar-refractivity contribution in [2.75, 3.05) is 13.2 Å². The van der Waals surface area contributed by atoms with Gasteiger partial charge in [-0.15, -0.1) is 0 Å². The number of aliphatic carboxylic acids is 1. The van der Waals surface area contributed by atoms with Gasteiger partial charge in [0.2, 0.25) is 0 Å². The normalized spacial score (nSPS) is 11.8. The first-order valence-corrected chi connectivity index (χ1v) is 15.2. The van der Waals surface area contributed by atoms with E-state index in [2.05, 4.69) is 6.92 Å². The van der Waals surface area contributed by atoms with E-state index in [1.54, 1.807) is 0 Å². The molecule has 2 N–H and O–H groups in total. The Hall–Kier alpha value is -1.63. The molecule has 0 heterocycles. The summed E-state index contributed by atoms with van der Waals surface area (Å²) in [6.07, 6.45) is 24.9. The van der Waals surface area contributed by atoms with Gasteiger partial charge in [0.1, 0.15) is 19.3 Å². The van der Waals surface area contributed by atoms with Crippen LogP contribution in [0.1, 0.15) is 155 Å². The van der Waals surface area contributed by atoms with Crippen LogP contribution in [-0.2, 0) is 23.9 Å². The van der Waals surface area contributed by atoms with Crippen molar-refractivity contribution in [1.29, 1.82) is 0 Å². The predicted octanol–water partition coefficient (Wildman–Crippen LogP) is 7.51. The third kappa shape index (κ3) is 28.8. The highest BCUT2D eigenvalue weighted by atomic mass is 16.6. The lowest BCUT2D eigenvalue weighted by atomic mass is 10.0. The highest BCUT2D eigenvalue weighted by Crippen LogP contribution is 2.15. The summed E-state index contributed by atoms with van der Waals surface area (Å²) in [6.45, 7) is 1.73. The van der Waals surface area contributed by atoms with Crippen LogP contribution < -0.4 is 0 Å². The van der Waals surface area contributed by atoms with E-state index in [1.807, 2.05) is 0 Å². The Labute approximate surface area is 226 Å². The van der Waals surface area contributed by atoms with Gasteiger partial charge in [-0.05, 0) is 6.42 Å². The summed E-state index contributed by atoms with van der Waals surface area (Å²) in [5.41, 5.74) is 0. The number of carbonyl (C=O) groups excluding carboxylic acids is 2. The third-order valence-corrected chi connectivity index (χ3v) is 6.65. The minimum Gasteiger partial charge on any atom is -0.481 e. The summed E-state index contributed by atoms with van der Waals surface area (Å²) in [7, 11) is 0. The molecule has 0 aliphatic carbocycles. The summed E-state index contributed by atoms with van der Waals surface area (Å²) < 4.78 is 9.75. The fourth-order valence-electron chi connectivity index (χ4n) is 4.30. The molecule has 0 saturated heterocycles. The van der Waals surface area contributed by atoms with Gasteiger partial charge in [-0.1, -0.05) is 129 Å². The molecule has 0 aliphatic heterocycles.